The Bertz CT molecular complexity index is 1160. The van der Waals surface area contributed by atoms with Gasteiger partial charge < -0.3 is 10.1 Å². The Balaban J connectivity index is 1.51. The zero-order chi connectivity index (χ0) is 20.9. The van der Waals surface area contributed by atoms with E-state index in [1.54, 1.807) is 40.3 Å². The van der Waals surface area contributed by atoms with Gasteiger partial charge in [0.25, 0.3) is 0 Å². The molecule has 1 unspecified atom stereocenters. The lowest BCUT2D eigenvalue weighted by atomic mass is 10.1. The van der Waals surface area contributed by atoms with Crippen molar-refractivity contribution < 1.29 is 4.74 Å². The van der Waals surface area contributed by atoms with E-state index < -0.39 is 0 Å². The van der Waals surface area contributed by atoms with Crippen LogP contribution in [0.4, 0.5) is 11.6 Å². The van der Waals surface area contributed by atoms with E-state index in [-0.39, 0.29) is 6.10 Å². The molecule has 0 aliphatic rings. The van der Waals surface area contributed by atoms with Gasteiger partial charge in [-0.3, -0.25) is 4.68 Å². The Morgan fingerprint density at radius 1 is 1.17 bits per heavy atom. The van der Waals surface area contributed by atoms with Gasteiger partial charge in [0.2, 0.25) is 5.95 Å². The van der Waals surface area contributed by atoms with E-state index in [0.717, 1.165) is 16.8 Å². The molecule has 30 heavy (non-hydrogen) atoms. The number of aromatic nitrogens is 7. The molecule has 3 aromatic heterocycles. The molecule has 1 aromatic carbocycles. The van der Waals surface area contributed by atoms with Gasteiger partial charge in [0.05, 0.1) is 24.0 Å². The van der Waals surface area contributed by atoms with Crippen LogP contribution < -0.4 is 10.1 Å². The number of aryl methyl sites for hydroxylation is 1. The summed E-state index contributed by atoms with van der Waals surface area (Å²) < 4.78 is 9.38. The molecular formula is C20H19N9O. The van der Waals surface area contributed by atoms with Gasteiger partial charge in [-0.15, -0.1) is 0 Å². The molecular weight excluding hydrogens is 382 g/mol. The molecule has 1 N–H and O–H groups in total. The Kier molecular flexibility index (Phi) is 5.34. The average molecular weight is 401 g/mol. The maximum atomic E-state index is 9.43. The number of rotatable bonds is 7. The summed E-state index contributed by atoms with van der Waals surface area (Å²) in [5, 5.41) is 20.7. The Morgan fingerprint density at radius 3 is 2.67 bits per heavy atom. The summed E-state index contributed by atoms with van der Waals surface area (Å²) in [6.07, 6.45) is 9.87. The molecule has 0 spiro atoms. The van der Waals surface area contributed by atoms with Crippen molar-refractivity contribution in [2.45, 2.75) is 19.6 Å². The third-order valence-corrected chi connectivity index (χ3v) is 4.29. The SMILES string of the molecule is CC(Cn1cncn1)Oc1cc(-c2cnc(Nc3cnn(C)c3)nc2)ccc1C#N. The van der Waals surface area contributed by atoms with Gasteiger partial charge in [-0.25, -0.2) is 19.6 Å². The third-order valence-electron chi connectivity index (χ3n) is 4.29. The second kappa shape index (κ2) is 8.40. The van der Waals surface area contributed by atoms with Gasteiger partial charge in [-0.1, -0.05) is 6.07 Å². The highest BCUT2D eigenvalue weighted by molar-refractivity contribution is 5.66. The zero-order valence-corrected chi connectivity index (χ0v) is 16.5. The predicted octanol–water partition coefficient (Wildman–Crippen LogP) is 2.55. The quantitative estimate of drug-likeness (QED) is 0.502. The lowest BCUT2D eigenvalue weighted by Crippen LogP contribution is -2.20. The number of hydrogen-bond acceptors (Lipinski definition) is 8. The van der Waals surface area contributed by atoms with Crippen LogP contribution >= 0.6 is 0 Å². The lowest BCUT2D eigenvalue weighted by Gasteiger charge is -2.16. The third kappa shape index (κ3) is 4.41. The van der Waals surface area contributed by atoms with E-state index in [2.05, 4.69) is 36.5 Å². The molecule has 0 bridgehead atoms. The summed E-state index contributed by atoms with van der Waals surface area (Å²) in [6, 6.07) is 7.57. The van der Waals surface area contributed by atoms with Gasteiger partial charge in [0.15, 0.2) is 0 Å². The highest BCUT2D eigenvalue weighted by Crippen LogP contribution is 2.28. The highest BCUT2D eigenvalue weighted by Gasteiger charge is 2.12. The lowest BCUT2D eigenvalue weighted by molar-refractivity contribution is 0.193. The van der Waals surface area contributed by atoms with Gasteiger partial charge in [0, 0.05) is 31.2 Å². The van der Waals surface area contributed by atoms with Crippen molar-refractivity contribution in [3.05, 3.63) is 61.2 Å². The average Bonchev–Trinajstić information content (AvgIpc) is 3.40. The number of benzene rings is 1. The summed E-state index contributed by atoms with van der Waals surface area (Å²) in [6.45, 7) is 2.43. The van der Waals surface area contributed by atoms with Crippen LogP contribution in [0.5, 0.6) is 5.75 Å². The van der Waals surface area contributed by atoms with Crippen molar-refractivity contribution in [2.24, 2.45) is 7.05 Å². The van der Waals surface area contributed by atoms with Crippen LogP contribution in [0.1, 0.15) is 12.5 Å². The Morgan fingerprint density at radius 2 is 2.00 bits per heavy atom. The first-order valence-corrected chi connectivity index (χ1v) is 9.22. The summed E-state index contributed by atoms with van der Waals surface area (Å²) in [5.41, 5.74) is 2.93. The normalized spacial score (nSPS) is 11.6. The van der Waals surface area contributed by atoms with Crippen molar-refractivity contribution in [1.29, 1.82) is 5.26 Å². The van der Waals surface area contributed by atoms with Gasteiger partial charge in [-0.2, -0.15) is 15.5 Å². The predicted molar refractivity (Wildman–Crippen MR) is 109 cm³/mol. The van der Waals surface area contributed by atoms with Gasteiger partial charge >= 0.3 is 0 Å². The Labute approximate surface area is 172 Å². The maximum Gasteiger partial charge on any atom is 0.227 e. The molecule has 10 heteroatoms. The first-order chi connectivity index (χ1) is 14.6. The second-order valence-electron chi connectivity index (χ2n) is 6.69. The fraction of sp³-hybridized carbons (Fsp3) is 0.200. The first-order valence-electron chi connectivity index (χ1n) is 9.22. The standard InChI is InChI=1S/C20H19N9O/c1-14(10-29-13-22-12-26-29)30-19-5-15(3-4-16(19)6-21)17-7-23-20(24-8-17)27-18-9-25-28(2)11-18/h3-5,7-9,11-14H,10H2,1-2H3,(H,23,24,27). The van der Waals surface area contributed by atoms with Crippen molar-refractivity contribution >= 4 is 11.6 Å². The van der Waals surface area contributed by atoms with Crippen molar-refractivity contribution in [1.82, 2.24) is 34.5 Å². The van der Waals surface area contributed by atoms with Crippen molar-refractivity contribution in [3.63, 3.8) is 0 Å². The highest BCUT2D eigenvalue weighted by atomic mass is 16.5. The van der Waals surface area contributed by atoms with Crippen LogP contribution in [0.2, 0.25) is 0 Å². The molecule has 4 aromatic rings. The van der Waals surface area contributed by atoms with E-state index in [4.69, 9.17) is 4.74 Å². The maximum absolute atomic E-state index is 9.43. The number of nitrogens with one attached hydrogen (secondary N) is 1. The smallest absolute Gasteiger partial charge is 0.227 e. The fourth-order valence-corrected chi connectivity index (χ4v) is 2.89. The molecule has 4 rings (SSSR count). The minimum Gasteiger partial charge on any atom is -0.487 e. The topological polar surface area (TPSA) is 119 Å². The van der Waals surface area contributed by atoms with Crippen LogP contribution in [0.15, 0.2) is 55.6 Å². The number of nitriles is 1. The molecule has 0 saturated carbocycles. The van der Waals surface area contributed by atoms with Crippen LogP contribution in [0.3, 0.4) is 0 Å². The van der Waals surface area contributed by atoms with Crippen LogP contribution in [0.25, 0.3) is 11.1 Å². The second-order valence-corrected chi connectivity index (χ2v) is 6.69. The molecule has 1 atom stereocenters. The van der Waals surface area contributed by atoms with E-state index in [1.165, 1.54) is 6.33 Å². The zero-order valence-electron chi connectivity index (χ0n) is 16.5. The van der Waals surface area contributed by atoms with Crippen molar-refractivity contribution in [3.8, 4) is 22.9 Å². The molecule has 0 amide bonds. The molecule has 10 nitrogen and oxygen atoms in total. The summed E-state index contributed by atoms with van der Waals surface area (Å²) in [4.78, 5) is 12.6. The first kappa shape index (κ1) is 19.1. The molecule has 0 aliphatic heterocycles. The molecule has 0 fully saturated rings. The van der Waals surface area contributed by atoms with Gasteiger partial charge in [0.1, 0.15) is 30.6 Å². The molecule has 0 radical (unpaired) electrons. The van der Waals surface area contributed by atoms with E-state index in [9.17, 15) is 5.26 Å². The summed E-state index contributed by atoms with van der Waals surface area (Å²) in [5.74, 6) is 0.971. The molecule has 0 aliphatic carbocycles. The molecule has 150 valence electrons. The number of nitrogens with zero attached hydrogens (tertiary/aromatic N) is 8. The largest absolute Gasteiger partial charge is 0.487 e. The van der Waals surface area contributed by atoms with E-state index in [1.807, 2.05) is 32.3 Å². The Hall–Kier alpha value is -4.26. The van der Waals surface area contributed by atoms with Crippen LogP contribution in [0, 0.1) is 11.3 Å². The van der Waals surface area contributed by atoms with Crippen molar-refractivity contribution in [2.75, 3.05) is 5.32 Å². The van der Waals surface area contributed by atoms with E-state index >= 15 is 0 Å². The fourth-order valence-electron chi connectivity index (χ4n) is 2.89. The molecule has 3 heterocycles. The summed E-state index contributed by atoms with van der Waals surface area (Å²) >= 11 is 0. The monoisotopic (exact) mass is 401 g/mol. The minimum atomic E-state index is -0.198. The summed E-state index contributed by atoms with van der Waals surface area (Å²) in [7, 11) is 1.84. The van der Waals surface area contributed by atoms with Crippen LogP contribution in [-0.4, -0.2) is 40.6 Å². The molecule has 0 saturated heterocycles. The minimum absolute atomic E-state index is 0.198. The van der Waals surface area contributed by atoms with E-state index in [0.29, 0.717) is 23.8 Å². The number of hydrogen-bond donors (Lipinski definition) is 1. The van der Waals surface area contributed by atoms with Crippen LogP contribution in [-0.2, 0) is 13.6 Å². The number of ether oxygens (including phenoxy) is 1. The number of anilines is 2. The van der Waals surface area contributed by atoms with Gasteiger partial charge in [-0.05, 0) is 24.6 Å².